The predicted octanol–water partition coefficient (Wildman–Crippen LogP) is 3.54. The third kappa shape index (κ3) is 4.15. The number of likely N-dealkylation sites (tertiary alicyclic amines) is 1. The number of anilines is 1. The highest BCUT2D eigenvalue weighted by Crippen LogP contribution is 2.28. The minimum absolute atomic E-state index is 0.383. The SMILES string of the molecule is CCn1cc(CN2CCC(Nc3nccnc3OC)CC2)c2cc(OC)ccc21. The van der Waals surface area contributed by atoms with Crippen molar-refractivity contribution in [3.05, 3.63) is 42.4 Å². The summed E-state index contributed by atoms with van der Waals surface area (Å²) >= 11 is 0. The molecule has 0 saturated carbocycles. The molecule has 1 aromatic carbocycles. The van der Waals surface area contributed by atoms with Gasteiger partial charge in [0.25, 0.3) is 5.88 Å². The fourth-order valence-electron chi connectivity index (χ4n) is 4.11. The third-order valence-electron chi connectivity index (χ3n) is 5.69. The van der Waals surface area contributed by atoms with Crippen molar-refractivity contribution in [2.75, 3.05) is 32.6 Å². The smallest absolute Gasteiger partial charge is 0.257 e. The maximum absolute atomic E-state index is 5.45. The largest absolute Gasteiger partial charge is 0.497 e. The highest BCUT2D eigenvalue weighted by molar-refractivity contribution is 5.85. The van der Waals surface area contributed by atoms with Crippen LogP contribution in [0.2, 0.25) is 0 Å². The number of hydrogen-bond donors (Lipinski definition) is 1. The second-order valence-electron chi connectivity index (χ2n) is 7.43. The third-order valence-corrected chi connectivity index (χ3v) is 5.69. The first-order valence-electron chi connectivity index (χ1n) is 10.2. The van der Waals surface area contributed by atoms with Gasteiger partial charge in [0.05, 0.1) is 14.2 Å². The summed E-state index contributed by atoms with van der Waals surface area (Å²) in [5.74, 6) is 2.19. The summed E-state index contributed by atoms with van der Waals surface area (Å²) in [5, 5.41) is 4.78. The van der Waals surface area contributed by atoms with Crippen LogP contribution in [0.3, 0.4) is 0 Å². The summed E-state index contributed by atoms with van der Waals surface area (Å²) in [6.45, 7) is 6.20. The Hall–Kier alpha value is -2.80. The van der Waals surface area contributed by atoms with Crippen LogP contribution in [0.15, 0.2) is 36.8 Å². The van der Waals surface area contributed by atoms with E-state index in [0.717, 1.165) is 50.6 Å². The van der Waals surface area contributed by atoms with E-state index < -0.39 is 0 Å². The molecule has 0 atom stereocenters. The number of aromatic nitrogens is 3. The average molecular weight is 396 g/mol. The lowest BCUT2D eigenvalue weighted by molar-refractivity contribution is 0.211. The van der Waals surface area contributed by atoms with Crippen LogP contribution in [-0.2, 0) is 13.1 Å². The monoisotopic (exact) mass is 395 g/mol. The normalized spacial score (nSPS) is 15.6. The molecule has 2 aromatic heterocycles. The average Bonchev–Trinajstić information content (AvgIpc) is 3.12. The summed E-state index contributed by atoms with van der Waals surface area (Å²) in [7, 11) is 3.35. The summed E-state index contributed by atoms with van der Waals surface area (Å²) < 4.78 is 13.1. The number of rotatable bonds is 7. The number of hydrogen-bond acceptors (Lipinski definition) is 6. The first kappa shape index (κ1) is 19.5. The van der Waals surface area contributed by atoms with Gasteiger partial charge in [0, 0.05) is 61.7 Å². The van der Waals surface area contributed by atoms with Gasteiger partial charge in [-0.05, 0) is 43.5 Å². The molecule has 0 aliphatic carbocycles. The van der Waals surface area contributed by atoms with Gasteiger partial charge in [0.1, 0.15) is 5.75 Å². The highest BCUT2D eigenvalue weighted by atomic mass is 16.5. The highest BCUT2D eigenvalue weighted by Gasteiger charge is 2.22. The van der Waals surface area contributed by atoms with E-state index in [4.69, 9.17) is 9.47 Å². The number of benzene rings is 1. The lowest BCUT2D eigenvalue weighted by Gasteiger charge is -2.32. The number of ether oxygens (including phenoxy) is 2. The molecule has 1 saturated heterocycles. The standard InChI is InChI=1S/C22H29N5O2/c1-4-27-15-16(19-13-18(28-2)5-6-20(19)27)14-26-11-7-17(8-12-26)25-21-22(29-3)24-10-9-23-21/h5-6,9-10,13,15,17H,4,7-8,11-12,14H2,1-3H3,(H,23,25). The van der Waals surface area contributed by atoms with E-state index in [1.807, 2.05) is 6.07 Å². The summed E-state index contributed by atoms with van der Waals surface area (Å²) in [4.78, 5) is 11.1. The molecule has 3 aromatic rings. The van der Waals surface area contributed by atoms with Gasteiger partial charge in [-0.15, -0.1) is 0 Å². The molecule has 1 aliphatic heterocycles. The van der Waals surface area contributed by atoms with Crippen molar-refractivity contribution >= 4 is 16.7 Å². The number of nitrogens with one attached hydrogen (secondary N) is 1. The van der Waals surface area contributed by atoms with E-state index in [0.29, 0.717) is 11.9 Å². The Bertz CT molecular complexity index is 963. The molecule has 3 heterocycles. The number of aryl methyl sites for hydroxylation is 1. The molecule has 4 rings (SSSR count). The number of nitrogens with zero attached hydrogens (tertiary/aromatic N) is 4. The van der Waals surface area contributed by atoms with E-state index >= 15 is 0 Å². The zero-order valence-corrected chi connectivity index (χ0v) is 17.4. The van der Waals surface area contributed by atoms with E-state index in [9.17, 15) is 0 Å². The quantitative estimate of drug-likeness (QED) is 0.660. The summed E-state index contributed by atoms with van der Waals surface area (Å²) in [6, 6.07) is 6.74. The molecule has 0 amide bonds. The van der Waals surface area contributed by atoms with Crippen LogP contribution in [0.25, 0.3) is 10.9 Å². The van der Waals surface area contributed by atoms with E-state index in [1.165, 1.54) is 16.5 Å². The molecular formula is C22H29N5O2. The van der Waals surface area contributed by atoms with Gasteiger partial charge in [0.2, 0.25) is 0 Å². The topological polar surface area (TPSA) is 64.4 Å². The number of fused-ring (bicyclic) bond motifs is 1. The first-order chi connectivity index (χ1) is 14.2. The molecule has 1 aliphatic rings. The van der Waals surface area contributed by atoms with Crippen molar-refractivity contribution in [2.24, 2.45) is 0 Å². The zero-order valence-electron chi connectivity index (χ0n) is 17.4. The van der Waals surface area contributed by atoms with Crippen molar-refractivity contribution in [1.82, 2.24) is 19.4 Å². The Morgan fingerprint density at radius 1 is 1.10 bits per heavy atom. The molecule has 0 radical (unpaired) electrons. The maximum Gasteiger partial charge on any atom is 0.257 e. The van der Waals surface area contributed by atoms with Gasteiger partial charge in [0.15, 0.2) is 5.82 Å². The van der Waals surface area contributed by atoms with E-state index in [2.05, 4.69) is 50.0 Å². The van der Waals surface area contributed by atoms with Gasteiger partial charge in [-0.3, -0.25) is 4.90 Å². The van der Waals surface area contributed by atoms with Gasteiger partial charge in [-0.2, -0.15) is 0 Å². The predicted molar refractivity (Wildman–Crippen MR) is 115 cm³/mol. The molecule has 7 heteroatoms. The van der Waals surface area contributed by atoms with Crippen molar-refractivity contribution in [1.29, 1.82) is 0 Å². The van der Waals surface area contributed by atoms with Crippen molar-refractivity contribution in [3.8, 4) is 11.6 Å². The van der Waals surface area contributed by atoms with Crippen LogP contribution < -0.4 is 14.8 Å². The van der Waals surface area contributed by atoms with Crippen LogP contribution in [0, 0.1) is 0 Å². The molecule has 29 heavy (non-hydrogen) atoms. The minimum atomic E-state index is 0.383. The molecule has 0 spiro atoms. The van der Waals surface area contributed by atoms with Gasteiger partial charge in [-0.25, -0.2) is 9.97 Å². The Kier molecular flexibility index (Phi) is 5.85. The summed E-state index contributed by atoms with van der Waals surface area (Å²) in [5.41, 5.74) is 2.64. The van der Waals surface area contributed by atoms with Gasteiger partial charge >= 0.3 is 0 Å². The molecule has 7 nitrogen and oxygen atoms in total. The second-order valence-corrected chi connectivity index (χ2v) is 7.43. The van der Waals surface area contributed by atoms with Gasteiger partial charge < -0.3 is 19.4 Å². The number of methoxy groups -OCH3 is 2. The Labute approximate surface area is 171 Å². The fourth-order valence-corrected chi connectivity index (χ4v) is 4.11. The minimum Gasteiger partial charge on any atom is -0.497 e. The van der Waals surface area contributed by atoms with E-state index in [1.54, 1.807) is 26.6 Å². The van der Waals surface area contributed by atoms with Crippen molar-refractivity contribution < 1.29 is 9.47 Å². The second kappa shape index (κ2) is 8.69. The van der Waals surface area contributed by atoms with Crippen LogP contribution in [0.4, 0.5) is 5.82 Å². The molecule has 0 bridgehead atoms. The Balaban J connectivity index is 1.42. The van der Waals surface area contributed by atoms with Crippen molar-refractivity contribution in [2.45, 2.75) is 38.9 Å². The molecular weight excluding hydrogens is 366 g/mol. The van der Waals surface area contributed by atoms with E-state index in [-0.39, 0.29) is 0 Å². The Morgan fingerprint density at radius 2 is 1.90 bits per heavy atom. The van der Waals surface area contributed by atoms with Crippen LogP contribution in [0.5, 0.6) is 11.6 Å². The van der Waals surface area contributed by atoms with Gasteiger partial charge in [-0.1, -0.05) is 0 Å². The maximum atomic E-state index is 5.45. The number of piperidine rings is 1. The molecule has 154 valence electrons. The fraction of sp³-hybridized carbons (Fsp3) is 0.455. The Morgan fingerprint density at radius 3 is 2.62 bits per heavy atom. The summed E-state index contributed by atoms with van der Waals surface area (Å²) in [6.07, 6.45) is 7.76. The molecule has 1 N–H and O–H groups in total. The molecule has 0 unspecified atom stereocenters. The van der Waals surface area contributed by atoms with Crippen LogP contribution >= 0.6 is 0 Å². The lowest BCUT2D eigenvalue weighted by Crippen LogP contribution is -2.38. The van der Waals surface area contributed by atoms with Crippen molar-refractivity contribution in [3.63, 3.8) is 0 Å². The first-order valence-corrected chi connectivity index (χ1v) is 10.2. The van der Waals surface area contributed by atoms with Crippen LogP contribution in [-0.4, -0.2) is 52.8 Å². The zero-order chi connectivity index (χ0) is 20.2. The lowest BCUT2D eigenvalue weighted by atomic mass is 10.0. The molecule has 1 fully saturated rings. The van der Waals surface area contributed by atoms with Crippen LogP contribution in [0.1, 0.15) is 25.3 Å².